The largest absolute Gasteiger partial charge is 0.391 e. The number of hydrogen-bond donors (Lipinski definition) is 1. The number of aliphatic hydroxyl groups is 1. The average Bonchev–Trinajstić information content (AvgIpc) is 2.48. The number of aliphatic hydroxyl groups excluding tert-OH is 1. The first kappa shape index (κ1) is 19.9. The van der Waals surface area contributed by atoms with Gasteiger partial charge in [-0.1, -0.05) is 67.2 Å². The highest BCUT2D eigenvalue weighted by Gasteiger charge is 2.39. The third kappa shape index (κ3) is 5.04. The lowest BCUT2D eigenvalue weighted by Crippen LogP contribution is -2.56. The second-order valence-electron chi connectivity index (χ2n) is 6.15. The van der Waals surface area contributed by atoms with E-state index in [1.54, 1.807) is 0 Å². The van der Waals surface area contributed by atoms with Crippen molar-refractivity contribution < 1.29 is 5.11 Å². The van der Waals surface area contributed by atoms with Crippen LogP contribution in [0.3, 0.4) is 0 Å². The predicted octanol–water partition coefficient (Wildman–Crippen LogP) is 4.85. The average molecular weight is 286 g/mol. The molecule has 0 amide bonds. The summed E-state index contributed by atoms with van der Waals surface area (Å²) in [5, 5.41) is 11.0. The molecule has 0 radical (unpaired) electrons. The molecule has 2 atom stereocenters. The molecule has 0 rings (SSSR count). The summed E-state index contributed by atoms with van der Waals surface area (Å²) >= 11 is 0. The van der Waals surface area contributed by atoms with E-state index in [-0.39, 0.29) is 11.6 Å². The van der Waals surface area contributed by atoms with Crippen LogP contribution >= 0.6 is 0 Å². The van der Waals surface area contributed by atoms with E-state index in [9.17, 15) is 5.11 Å². The van der Waals surface area contributed by atoms with Crippen LogP contribution in [0, 0.1) is 5.92 Å². The van der Waals surface area contributed by atoms with Crippen LogP contribution in [0.1, 0.15) is 86.5 Å². The Hall–Kier alpha value is -0.0800. The molecule has 20 heavy (non-hydrogen) atoms. The lowest BCUT2D eigenvalue weighted by atomic mass is 9.79. The van der Waals surface area contributed by atoms with Crippen LogP contribution in [0.4, 0.5) is 0 Å². The maximum atomic E-state index is 11.0. The maximum Gasteiger partial charge on any atom is 0.0726 e. The summed E-state index contributed by atoms with van der Waals surface area (Å²) in [4.78, 5) is 2.48. The lowest BCUT2D eigenvalue weighted by molar-refractivity contribution is -0.0464. The molecule has 0 aromatic heterocycles. The smallest absolute Gasteiger partial charge is 0.0726 e. The minimum atomic E-state index is -0.195. The summed E-state index contributed by atoms with van der Waals surface area (Å²) in [5.74, 6) is 0.679. The Kier molecular flexibility index (Phi) is 10.6. The Balaban J connectivity index is 4.89. The van der Waals surface area contributed by atoms with Crippen molar-refractivity contribution in [3.8, 4) is 0 Å². The number of nitrogens with zero attached hydrogens (tertiary/aromatic N) is 1. The van der Waals surface area contributed by atoms with Crippen molar-refractivity contribution in [2.75, 3.05) is 13.1 Å². The van der Waals surface area contributed by atoms with Gasteiger partial charge in [0.25, 0.3) is 0 Å². The van der Waals surface area contributed by atoms with Crippen molar-refractivity contribution in [3.63, 3.8) is 0 Å². The Morgan fingerprint density at radius 2 is 1.50 bits per heavy atom. The van der Waals surface area contributed by atoms with E-state index >= 15 is 0 Å². The fourth-order valence-corrected chi connectivity index (χ4v) is 3.75. The van der Waals surface area contributed by atoms with Gasteiger partial charge < -0.3 is 5.11 Å². The zero-order chi connectivity index (χ0) is 15.6. The van der Waals surface area contributed by atoms with Crippen molar-refractivity contribution in [2.45, 2.75) is 98.1 Å². The number of likely N-dealkylation sites (N-methyl/N-ethyl adjacent to an activating group) is 1. The molecule has 0 saturated heterocycles. The van der Waals surface area contributed by atoms with Gasteiger partial charge in [-0.05, 0) is 38.3 Å². The van der Waals surface area contributed by atoms with Crippen LogP contribution in [-0.2, 0) is 0 Å². The first-order chi connectivity index (χ1) is 9.55. The second-order valence-corrected chi connectivity index (χ2v) is 6.15. The normalized spacial score (nSPS) is 15.6. The Labute approximate surface area is 127 Å². The molecule has 0 aromatic rings. The SMILES string of the molecule is CCCCC(CC)CC(O)C(CC)(CC)N(CC)CC. The summed E-state index contributed by atoms with van der Waals surface area (Å²) < 4.78 is 0. The summed E-state index contributed by atoms with van der Waals surface area (Å²) in [7, 11) is 0. The van der Waals surface area contributed by atoms with Crippen molar-refractivity contribution in [2.24, 2.45) is 5.92 Å². The lowest BCUT2D eigenvalue weighted by Gasteiger charge is -2.46. The zero-order valence-electron chi connectivity index (χ0n) is 14.9. The first-order valence-electron chi connectivity index (χ1n) is 8.99. The molecule has 122 valence electrons. The molecule has 0 fully saturated rings. The van der Waals surface area contributed by atoms with E-state index in [0.717, 1.165) is 32.4 Å². The highest BCUT2D eigenvalue weighted by Crippen LogP contribution is 2.33. The Morgan fingerprint density at radius 1 is 0.950 bits per heavy atom. The third-order valence-electron chi connectivity index (χ3n) is 5.34. The minimum Gasteiger partial charge on any atom is -0.391 e. The molecule has 2 unspecified atom stereocenters. The molecule has 0 aromatic carbocycles. The molecule has 0 aliphatic heterocycles. The summed E-state index contributed by atoms with van der Waals surface area (Å²) in [5.41, 5.74) is -0.0247. The topological polar surface area (TPSA) is 23.5 Å². The molecule has 0 aliphatic carbocycles. The van der Waals surface area contributed by atoms with Crippen molar-refractivity contribution in [1.82, 2.24) is 4.90 Å². The van der Waals surface area contributed by atoms with Gasteiger partial charge in [0.05, 0.1) is 6.10 Å². The van der Waals surface area contributed by atoms with Gasteiger partial charge >= 0.3 is 0 Å². The first-order valence-corrected chi connectivity index (χ1v) is 8.99. The molecule has 0 bridgehead atoms. The highest BCUT2D eigenvalue weighted by molar-refractivity contribution is 4.95. The van der Waals surface area contributed by atoms with Crippen LogP contribution in [-0.4, -0.2) is 34.7 Å². The fourth-order valence-electron chi connectivity index (χ4n) is 3.75. The van der Waals surface area contributed by atoms with Crippen molar-refractivity contribution in [3.05, 3.63) is 0 Å². The molecule has 0 heterocycles. The van der Waals surface area contributed by atoms with Gasteiger partial charge in [0.1, 0.15) is 0 Å². The monoisotopic (exact) mass is 285 g/mol. The van der Waals surface area contributed by atoms with Gasteiger partial charge in [-0.25, -0.2) is 0 Å². The maximum absolute atomic E-state index is 11.0. The molecular formula is C18H39NO. The number of unbranched alkanes of at least 4 members (excludes halogenated alkanes) is 1. The fraction of sp³-hybridized carbons (Fsp3) is 1.00. The Bertz CT molecular complexity index is 221. The van der Waals surface area contributed by atoms with Gasteiger partial charge in [-0.3, -0.25) is 4.90 Å². The second kappa shape index (κ2) is 10.6. The molecular weight excluding hydrogens is 246 g/mol. The van der Waals surface area contributed by atoms with Crippen molar-refractivity contribution in [1.29, 1.82) is 0 Å². The van der Waals surface area contributed by atoms with E-state index in [4.69, 9.17) is 0 Å². The van der Waals surface area contributed by atoms with Crippen molar-refractivity contribution >= 4 is 0 Å². The quantitative estimate of drug-likeness (QED) is 0.554. The van der Waals surface area contributed by atoms with Gasteiger partial charge in [0.15, 0.2) is 0 Å². The summed E-state index contributed by atoms with van der Waals surface area (Å²) in [6.07, 6.45) is 7.86. The highest BCUT2D eigenvalue weighted by atomic mass is 16.3. The molecule has 2 nitrogen and oxygen atoms in total. The van der Waals surface area contributed by atoms with E-state index in [0.29, 0.717) is 5.92 Å². The van der Waals surface area contributed by atoms with Crippen LogP contribution < -0.4 is 0 Å². The molecule has 2 heteroatoms. The van der Waals surface area contributed by atoms with Gasteiger partial charge in [-0.2, -0.15) is 0 Å². The van der Waals surface area contributed by atoms with Crippen LogP contribution in [0.15, 0.2) is 0 Å². The van der Waals surface area contributed by atoms with Crippen LogP contribution in [0.5, 0.6) is 0 Å². The van der Waals surface area contributed by atoms with E-state index in [1.807, 2.05) is 0 Å². The number of hydrogen-bond acceptors (Lipinski definition) is 2. The van der Waals surface area contributed by atoms with Crippen LogP contribution in [0.2, 0.25) is 0 Å². The van der Waals surface area contributed by atoms with Crippen LogP contribution in [0.25, 0.3) is 0 Å². The molecule has 0 spiro atoms. The van der Waals surface area contributed by atoms with E-state index in [2.05, 4.69) is 46.4 Å². The Morgan fingerprint density at radius 3 is 1.85 bits per heavy atom. The molecule has 0 aliphatic rings. The summed E-state index contributed by atoms with van der Waals surface area (Å²) in [6.45, 7) is 15.5. The van der Waals surface area contributed by atoms with Gasteiger partial charge in [0, 0.05) is 5.54 Å². The van der Waals surface area contributed by atoms with E-state index < -0.39 is 0 Å². The third-order valence-corrected chi connectivity index (χ3v) is 5.34. The standard InChI is InChI=1S/C18H39NO/c1-7-13-14-16(8-2)15-17(20)18(9-3,10-4)19(11-5)12-6/h16-17,20H,7-15H2,1-6H3. The molecule has 1 N–H and O–H groups in total. The predicted molar refractivity (Wildman–Crippen MR) is 90.2 cm³/mol. The minimum absolute atomic E-state index is 0.0247. The number of rotatable bonds is 12. The van der Waals surface area contributed by atoms with Gasteiger partial charge in [-0.15, -0.1) is 0 Å². The molecule has 0 saturated carbocycles. The summed E-state index contributed by atoms with van der Waals surface area (Å²) in [6, 6.07) is 0. The van der Waals surface area contributed by atoms with E-state index in [1.165, 1.54) is 25.7 Å². The zero-order valence-corrected chi connectivity index (χ0v) is 14.9. The van der Waals surface area contributed by atoms with Gasteiger partial charge in [0.2, 0.25) is 0 Å².